The van der Waals surface area contributed by atoms with E-state index in [1.54, 1.807) is 0 Å². The van der Waals surface area contributed by atoms with E-state index in [4.69, 9.17) is 10.00 Å². The summed E-state index contributed by atoms with van der Waals surface area (Å²) in [7, 11) is 0. The number of nitrogens with one attached hydrogen (secondary N) is 1. The molecule has 0 aliphatic carbocycles. The lowest BCUT2D eigenvalue weighted by Gasteiger charge is -2.19. The fourth-order valence-electron chi connectivity index (χ4n) is 2.35. The maximum Gasteiger partial charge on any atom is 0.174 e. The van der Waals surface area contributed by atoms with Crippen molar-refractivity contribution in [2.24, 2.45) is 0 Å². The lowest BCUT2D eigenvalue weighted by molar-refractivity contribution is 0.368. The summed E-state index contributed by atoms with van der Waals surface area (Å²) in [6.45, 7) is 6.44. The summed E-state index contributed by atoms with van der Waals surface area (Å²) in [4.78, 5) is 0. The van der Waals surface area contributed by atoms with Gasteiger partial charge in [-0.2, -0.15) is 5.26 Å². The van der Waals surface area contributed by atoms with Crippen molar-refractivity contribution in [1.82, 2.24) is 0 Å². The molecule has 2 aromatic carbocycles. The maximum absolute atomic E-state index is 8.56. The van der Waals surface area contributed by atoms with Gasteiger partial charge in [-0.15, -0.1) is 0 Å². The molecule has 3 nitrogen and oxygen atoms in total. The van der Waals surface area contributed by atoms with E-state index in [0.29, 0.717) is 5.75 Å². The van der Waals surface area contributed by atoms with Crippen LogP contribution in [0.25, 0.3) is 0 Å². The minimum Gasteiger partial charge on any atom is -0.479 e. The molecule has 0 amide bonds. The number of aryl methyl sites for hydroxylation is 2. The molecule has 0 saturated heterocycles. The number of nitriles is 1. The van der Waals surface area contributed by atoms with Gasteiger partial charge in [0.05, 0.1) is 0 Å². The number of ether oxygens (including phenoxy) is 1. The van der Waals surface area contributed by atoms with Crippen molar-refractivity contribution < 1.29 is 4.74 Å². The van der Waals surface area contributed by atoms with Crippen LogP contribution in [-0.4, -0.2) is 6.61 Å². The minimum absolute atomic E-state index is 0.0655. The molecule has 1 N–H and O–H groups in total. The smallest absolute Gasteiger partial charge is 0.174 e. The van der Waals surface area contributed by atoms with Gasteiger partial charge in [-0.3, -0.25) is 0 Å². The number of rotatable bonds is 5. The van der Waals surface area contributed by atoms with E-state index in [-0.39, 0.29) is 12.6 Å². The van der Waals surface area contributed by atoms with Crippen molar-refractivity contribution in [3.05, 3.63) is 59.2 Å². The zero-order chi connectivity index (χ0) is 15.2. The van der Waals surface area contributed by atoms with Gasteiger partial charge >= 0.3 is 0 Å². The van der Waals surface area contributed by atoms with Crippen molar-refractivity contribution in [2.45, 2.75) is 26.8 Å². The summed E-state index contributed by atoms with van der Waals surface area (Å²) in [6.07, 6.45) is 0. The SMILES string of the molecule is Cc1ccc(C)c(C(C)Nc2cccc(OCC#N)c2)c1. The number of hydrogen-bond donors (Lipinski definition) is 1. The number of hydrogen-bond acceptors (Lipinski definition) is 3. The Hall–Kier alpha value is -2.47. The van der Waals surface area contributed by atoms with Gasteiger partial charge in [-0.1, -0.05) is 29.8 Å². The van der Waals surface area contributed by atoms with E-state index in [9.17, 15) is 0 Å². The summed E-state index contributed by atoms with van der Waals surface area (Å²) in [5.74, 6) is 0.703. The molecule has 0 spiro atoms. The molecule has 0 saturated carbocycles. The first-order valence-corrected chi connectivity index (χ1v) is 7.03. The average Bonchev–Trinajstić information content (AvgIpc) is 2.48. The highest BCUT2D eigenvalue weighted by Gasteiger charge is 2.09. The Morgan fingerprint density at radius 2 is 2.00 bits per heavy atom. The van der Waals surface area contributed by atoms with Crippen LogP contribution in [0.1, 0.15) is 29.7 Å². The number of nitrogens with zero attached hydrogens (tertiary/aromatic N) is 1. The molecule has 1 unspecified atom stereocenters. The van der Waals surface area contributed by atoms with Crippen molar-refractivity contribution in [2.75, 3.05) is 11.9 Å². The van der Waals surface area contributed by atoms with E-state index in [1.807, 2.05) is 30.3 Å². The Kier molecular flexibility index (Phi) is 4.84. The first-order valence-electron chi connectivity index (χ1n) is 7.03. The lowest BCUT2D eigenvalue weighted by Crippen LogP contribution is -2.08. The molecule has 0 aliphatic rings. The van der Waals surface area contributed by atoms with Gasteiger partial charge in [0.1, 0.15) is 11.8 Å². The lowest BCUT2D eigenvalue weighted by atomic mass is 10.00. The zero-order valence-corrected chi connectivity index (χ0v) is 12.7. The van der Waals surface area contributed by atoms with Crippen molar-refractivity contribution in [3.8, 4) is 11.8 Å². The highest BCUT2D eigenvalue weighted by molar-refractivity contribution is 5.50. The zero-order valence-electron chi connectivity index (χ0n) is 12.7. The molecule has 0 fully saturated rings. The van der Waals surface area contributed by atoms with Gasteiger partial charge in [-0.05, 0) is 44.0 Å². The third-order valence-electron chi connectivity index (χ3n) is 3.42. The first-order chi connectivity index (χ1) is 10.1. The normalized spacial score (nSPS) is 11.5. The standard InChI is InChI=1S/C18H20N2O/c1-13-7-8-14(2)18(11-13)15(3)20-16-5-4-6-17(12-16)21-10-9-19/h4-8,11-12,15,20H,10H2,1-3H3. The molecule has 0 aromatic heterocycles. The molecule has 0 radical (unpaired) electrons. The van der Waals surface area contributed by atoms with Crippen LogP contribution in [-0.2, 0) is 0 Å². The van der Waals surface area contributed by atoms with Crippen LogP contribution in [0.4, 0.5) is 5.69 Å². The second-order valence-corrected chi connectivity index (χ2v) is 5.20. The summed E-state index contributed by atoms with van der Waals surface area (Å²) < 4.78 is 5.32. The van der Waals surface area contributed by atoms with E-state index in [1.165, 1.54) is 16.7 Å². The molecule has 0 aliphatic heterocycles. The summed E-state index contributed by atoms with van der Waals surface area (Å²) in [6, 6.07) is 16.4. The molecule has 108 valence electrons. The average molecular weight is 280 g/mol. The topological polar surface area (TPSA) is 45.0 Å². The first kappa shape index (κ1) is 14.9. The third kappa shape index (κ3) is 4.00. The Morgan fingerprint density at radius 3 is 2.76 bits per heavy atom. The highest BCUT2D eigenvalue weighted by Crippen LogP contribution is 2.25. The van der Waals surface area contributed by atoms with E-state index >= 15 is 0 Å². The summed E-state index contributed by atoms with van der Waals surface area (Å²) in [5.41, 5.74) is 4.81. The Balaban J connectivity index is 2.14. The molecule has 2 rings (SSSR count). The van der Waals surface area contributed by atoms with Crippen LogP contribution in [0, 0.1) is 25.2 Å². The van der Waals surface area contributed by atoms with E-state index in [2.05, 4.69) is 44.3 Å². The Bertz CT molecular complexity index is 659. The molecule has 0 heterocycles. The monoisotopic (exact) mass is 280 g/mol. The summed E-state index contributed by atoms with van der Waals surface area (Å²) in [5, 5.41) is 12.0. The third-order valence-corrected chi connectivity index (χ3v) is 3.42. The second-order valence-electron chi connectivity index (χ2n) is 5.20. The van der Waals surface area contributed by atoms with Gasteiger partial charge in [-0.25, -0.2) is 0 Å². The number of anilines is 1. The van der Waals surface area contributed by atoms with Crippen LogP contribution in [0.3, 0.4) is 0 Å². The van der Waals surface area contributed by atoms with Gasteiger partial charge in [0.15, 0.2) is 6.61 Å². The fourth-order valence-corrected chi connectivity index (χ4v) is 2.35. The van der Waals surface area contributed by atoms with Gasteiger partial charge in [0.2, 0.25) is 0 Å². The van der Waals surface area contributed by atoms with Gasteiger partial charge in [0.25, 0.3) is 0 Å². The van der Waals surface area contributed by atoms with Crippen LogP contribution < -0.4 is 10.1 Å². The minimum atomic E-state index is 0.0655. The van der Waals surface area contributed by atoms with Crippen LogP contribution >= 0.6 is 0 Å². The Labute approximate surface area is 126 Å². The molecule has 3 heteroatoms. The highest BCUT2D eigenvalue weighted by atomic mass is 16.5. The van der Waals surface area contributed by atoms with Crippen LogP contribution in [0.2, 0.25) is 0 Å². The predicted octanol–water partition coefficient (Wildman–Crippen LogP) is 4.38. The second kappa shape index (κ2) is 6.81. The molecule has 2 aromatic rings. The largest absolute Gasteiger partial charge is 0.479 e. The fraction of sp³-hybridized carbons (Fsp3) is 0.278. The molecule has 0 bridgehead atoms. The molecular weight excluding hydrogens is 260 g/mol. The predicted molar refractivity (Wildman–Crippen MR) is 85.5 cm³/mol. The van der Waals surface area contributed by atoms with Gasteiger partial charge in [0, 0.05) is 17.8 Å². The molecule has 1 atom stereocenters. The van der Waals surface area contributed by atoms with Crippen molar-refractivity contribution in [1.29, 1.82) is 5.26 Å². The molecular formula is C18H20N2O. The van der Waals surface area contributed by atoms with E-state index < -0.39 is 0 Å². The maximum atomic E-state index is 8.56. The quantitative estimate of drug-likeness (QED) is 0.884. The van der Waals surface area contributed by atoms with Crippen LogP contribution in [0.15, 0.2) is 42.5 Å². The van der Waals surface area contributed by atoms with Crippen molar-refractivity contribution >= 4 is 5.69 Å². The molecule has 21 heavy (non-hydrogen) atoms. The van der Waals surface area contributed by atoms with Crippen molar-refractivity contribution in [3.63, 3.8) is 0 Å². The number of benzene rings is 2. The summed E-state index contributed by atoms with van der Waals surface area (Å²) >= 11 is 0. The van der Waals surface area contributed by atoms with Crippen LogP contribution in [0.5, 0.6) is 5.75 Å². The Morgan fingerprint density at radius 1 is 1.19 bits per heavy atom. The van der Waals surface area contributed by atoms with E-state index in [0.717, 1.165) is 5.69 Å². The van der Waals surface area contributed by atoms with Gasteiger partial charge < -0.3 is 10.1 Å².